The highest BCUT2D eigenvalue weighted by atomic mass is 32.2. The van der Waals surface area contributed by atoms with Gasteiger partial charge in [0.05, 0.1) is 44.5 Å². The van der Waals surface area contributed by atoms with Gasteiger partial charge in [-0.1, -0.05) is 18.2 Å². The molecule has 3 aromatic carbocycles. The molecule has 0 atom stereocenters. The van der Waals surface area contributed by atoms with E-state index in [0.29, 0.717) is 34.1 Å². The number of nitro groups is 1. The highest BCUT2D eigenvalue weighted by Gasteiger charge is 2.26. The number of carboxylic acid groups (broad SMARTS) is 1. The maximum atomic E-state index is 12.9. The second-order valence-electron chi connectivity index (χ2n) is 7.94. The van der Waals surface area contributed by atoms with Crippen LogP contribution in [0.3, 0.4) is 0 Å². The van der Waals surface area contributed by atoms with Crippen molar-refractivity contribution in [3.63, 3.8) is 0 Å². The predicted molar refractivity (Wildman–Crippen MR) is 143 cm³/mol. The predicted octanol–water partition coefficient (Wildman–Crippen LogP) is 4.08. The van der Waals surface area contributed by atoms with Crippen molar-refractivity contribution in [2.24, 2.45) is 0 Å². The molecule has 0 amide bonds. The highest BCUT2D eigenvalue weighted by molar-refractivity contribution is 7.88. The number of hydrogen-bond donors (Lipinski definition) is 2. The first-order valence-electron chi connectivity index (χ1n) is 11.2. The van der Waals surface area contributed by atoms with Gasteiger partial charge in [0, 0.05) is 41.1 Å². The van der Waals surface area contributed by atoms with Gasteiger partial charge in [0.15, 0.2) is 0 Å². The molecule has 0 saturated carbocycles. The van der Waals surface area contributed by atoms with Gasteiger partial charge in [0.2, 0.25) is 10.0 Å². The van der Waals surface area contributed by atoms with E-state index in [4.69, 9.17) is 18.9 Å². The number of benzene rings is 3. The minimum absolute atomic E-state index is 0.0133. The van der Waals surface area contributed by atoms with Crippen LogP contribution in [0.5, 0.6) is 23.0 Å². The van der Waals surface area contributed by atoms with Gasteiger partial charge in [-0.2, -0.15) is 0 Å². The lowest BCUT2D eigenvalue weighted by Gasteiger charge is -2.14. The van der Waals surface area contributed by atoms with Crippen LogP contribution >= 0.6 is 0 Å². The summed E-state index contributed by atoms with van der Waals surface area (Å²) in [5, 5.41) is 21.7. The van der Waals surface area contributed by atoms with Crippen LogP contribution in [0.4, 0.5) is 5.69 Å². The van der Waals surface area contributed by atoms with Crippen molar-refractivity contribution >= 4 is 27.8 Å². The van der Waals surface area contributed by atoms with Crippen molar-refractivity contribution in [1.29, 1.82) is 0 Å². The summed E-state index contributed by atoms with van der Waals surface area (Å²) in [5.74, 6) is -0.816. The van der Waals surface area contributed by atoms with Crippen molar-refractivity contribution in [3.05, 3.63) is 81.5 Å². The molecule has 0 fully saturated rings. The van der Waals surface area contributed by atoms with Crippen molar-refractivity contribution in [1.82, 2.24) is 4.72 Å². The van der Waals surface area contributed by atoms with Gasteiger partial charge >= 0.3 is 5.97 Å². The summed E-state index contributed by atoms with van der Waals surface area (Å²) < 4.78 is 49.1. The molecule has 0 radical (unpaired) electrons. The number of sulfonamides is 1. The second kappa shape index (κ2) is 12.2. The first-order chi connectivity index (χ1) is 18.5. The molecule has 0 aromatic heterocycles. The number of carbonyl (C=O) groups is 1. The van der Waals surface area contributed by atoms with E-state index in [9.17, 15) is 28.4 Å². The highest BCUT2D eigenvalue weighted by Crippen LogP contribution is 2.37. The first-order valence-corrected chi connectivity index (χ1v) is 12.8. The normalized spacial score (nSPS) is 11.2. The summed E-state index contributed by atoms with van der Waals surface area (Å²) in [5.41, 5.74) is -0.467. The van der Waals surface area contributed by atoms with Gasteiger partial charge in [0.25, 0.3) is 5.69 Å². The minimum Gasteiger partial charge on any atom is -0.496 e. The van der Waals surface area contributed by atoms with E-state index in [1.807, 2.05) is 0 Å². The zero-order valence-electron chi connectivity index (χ0n) is 21.5. The third kappa shape index (κ3) is 6.57. The number of nitrogens with zero attached hydrogens (tertiary/aromatic N) is 1. The SMILES string of the molecule is COc1cc(OC)c(/C=C/NS(=O)(=O)Cc2cc(C(=O)O)c(-c3ccccc3OC)cc2[N+](=O)[O-])c(OC)c1. The molecule has 13 heteroatoms. The monoisotopic (exact) mass is 558 g/mol. The van der Waals surface area contributed by atoms with E-state index in [0.717, 1.165) is 18.3 Å². The van der Waals surface area contributed by atoms with E-state index in [-0.39, 0.29) is 16.7 Å². The summed E-state index contributed by atoms with van der Waals surface area (Å²) in [6.45, 7) is 0. The third-order valence-electron chi connectivity index (χ3n) is 5.64. The first kappa shape index (κ1) is 28.8. The van der Waals surface area contributed by atoms with E-state index in [2.05, 4.69) is 4.72 Å². The molecule has 0 saturated heterocycles. The van der Waals surface area contributed by atoms with E-state index in [1.54, 1.807) is 36.4 Å². The molecule has 0 spiro atoms. The molecule has 12 nitrogen and oxygen atoms in total. The van der Waals surface area contributed by atoms with E-state index in [1.165, 1.54) is 34.5 Å². The van der Waals surface area contributed by atoms with Crippen LogP contribution in [-0.2, 0) is 15.8 Å². The Hall–Kier alpha value is -4.78. The van der Waals surface area contributed by atoms with Crippen molar-refractivity contribution in [2.75, 3.05) is 28.4 Å². The largest absolute Gasteiger partial charge is 0.496 e. The molecule has 0 aliphatic rings. The number of carboxylic acids is 1. The van der Waals surface area contributed by atoms with E-state index >= 15 is 0 Å². The van der Waals surface area contributed by atoms with Crippen molar-refractivity contribution in [2.45, 2.75) is 5.75 Å². The Morgan fingerprint density at radius 2 is 1.56 bits per heavy atom. The number of hydrogen-bond acceptors (Lipinski definition) is 9. The summed E-state index contributed by atoms with van der Waals surface area (Å²) in [6, 6.07) is 11.6. The van der Waals surface area contributed by atoms with Crippen LogP contribution in [0.1, 0.15) is 21.5 Å². The van der Waals surface area contributed by atoms with Gasteiger partial charge in [-0.05, 0) is 18.2 Å². The smallest absolute Gasteiger partial charge is 0.336 e. The lowest BCUT2D eigenvalue weighted by atomic mass is 9.96. The molecule has 3 aromatic rings. The third-order valence-corrected chi connectivity index (χ3v) is 6.83. The van der Waals surface area contributed by atoms with Gasteiger partial charge in [0.1, 0.15) is 28.8 Å². The van der Waals surface area contributed by atoms with Crippen molar-refractivity contribution in [3.8, 4) is 34.1 Å². The number of rotatable bonds is 12. The summed E-state index contributed by atoms with van der Waals surface area (Å²) >= 11 is 0. The van der Waals surface area contributed by atoms with Crippen molar-refractivity contribution < 1.29 is 42.2 Å². The Morgan fingerprint density at radius 3 is 2.10 bits per heavy atom. The zero-order valence-corrected chi connectivity index (χ0v) is 22.3. The number of nitrogens with one attached hydrogen (secondary N) is 1. The molecule has 0 heterocycles. The Kier molecular flexibility index (Phi) is 8.99. The molecule has 0 aliphatic carbocycles. The fourth-order valence-electron chi connectivity index (χ4n) is 3.85. The fraction of sp³-hybridized carbons (Fsp3) is 0.192. The average molecular weight is 559 g/mol. The maximum Gasteiger partial charge on any atom is 0.336 e. The number of nitro benzene ring substituents is 1. The Morgan fingerprint density at radius 1 is 0.949 bits per heavy atom. The molecule has 39 heavy (non-hydrogen) atoms. The summed E-state index contributed by atoms with van der Waals surface area (Å²) in [4.78, 5) is 23.2. The van der Waals surface area contributed by atoms with E-state index < -0.39 is 32.4 Å². The van der Waals surface area contributed by atoms with Gasteiger partial charge in [-0.3, -0.25) is 14.8 Å². The van der Waals surface area contributed by atoms with Crippen LogP contribution in [0.25, 0.3) is 17.2 Å². The molecule has 0 unspecified atom stereocenters. The Bertz CT molecular complexity index is 1510. The number of methoxy groups -OCH3 is 4. The van der Waals surface area contributed by atoms with Crippen LogP contribution in [-0.4, -0.2) is 52.9 Å². The minimum atomic E-state index is -4.21. The van der Waals surface area contributed by atoms with Crippen LogP contribution < -0.4 is 23.7 Å². The molecule has 2 N–H and O–H groups in total. The van der Waals surface area contributed by atoms with Crippen LogP contribution in [0, 0.1) is 10.1 Å². The topological polar surface area (TPSA) is 164 Å². The quantitative estimate of drug-likeness (QED) is 0.244. The molecular formula is C26H26N2O10S. The molecule has 206 valence electrons. The summed E-state index contributed by atoms with van der Waals surface area (Å²) in [6.07, 6.45) is 2.49. The lowest BCUT2D eigenvalue weighted by Crippen LogP contribution is -2.20. The van der Waals surface area contributed by atoms with Gasteiger partial charge in [-0.15, -0.1) is 0 Å². The summed E-state index contributed by atoms with van der Waals surface area (Å²) in [7, 11) is 1.48. The second-order valence-corrected chi connectivity index (χ2v) is 9.70. The Labute approximate surface area is 224 Å². The van der Waals surface area contributed by atoms with Gasteiger partial charge in [-0.25, -0.2) is 13.2 Å². The zero-order chi connectivity index (χ0) is 28.7. The van der Waals surface area contributed by atoms with Crippen LogP contribution in [0.15, 0.2) is 54.7 Å². The maximum absolute atomic E-state index is 12.9. The number of aromatic carboxylic acids is 1. The fourth-order valence-corrected chi connectivity index (χ4v) is 4.85. The Balaban J connectivity index is 2.00. The molecule has 0 bridgehead atoms. The van der Waals surface area contributed by atoms with Gasteiger partial charge < -0.3 is 24.1 Å². The average Bonchev–Trinajstić information content (AvgIpc) is 2.92. The van der Waals surface area contributed by atoms with Crippen LogP contribution in [0.2, 0.25) is 0 Å². The number of ether oxygens (including phenoxy) is 4. The molecular weight excluding hydrogens is 532 g/mol. The number of para-hydroxylation sites is 1. The lowest BCUT2D eigenvalue weighted by molar-refractivity contribution is -0.385. The molecule has 0 aliphatic heterocycles. The molecule has 3 rings (SSSR count). The standard InChI is InChI=1S/C26H26N2O10S/c1-35-17-12-24(37-3)19(25(13-17)38-4)9-10-27-39(33,34)15-16-11-21(26(29)30)20(14-22(16)28(31)32)18-7-5-6-8-23(18)36-2/h5-14,27H,15H2,1-4H3,(H,29,30)/b10-9+.